The Bertz CT molecular complexity index is 1720. The highest BCUT2D eigenvalue weighted by Crippen LogP contribution is 2.41. The monoisotopic (exact) mass is 610 g/mol. The maximum atomic E-state index is 14.3. The molecule has 3 atom stereocenters. The van der Waals surface area contributed by atoms with Gasteiger partial charge in [0.05, 0.1) is 48.0 Å². The molecule has 3 aromatic rings. The van der Waals surface area contributed by atoms with Crippen molar-refractivity contribution in [2.45, 2.75) is 22.0 Å². The third-order valence-corrected chi connectivity index (χ3v) is 10.0. The lowest BCUT2D eigenvalue weighted by atomic mass is 9.96. The number of nitro groups is 1. The predicted octanol–water partition coefficient (Wildman–Crippen LogP) is 1.76. The molecule has 2 fully saturated rings. The number of primary amides is 1. The van der Waals surface area contributed by atoms with E-state index in [1.807, 2.05) is 0 Å². The van der Waals surface area contributed by atoms with E-state index in [4.69, 9.17) is 19.9 Å². The van der Waals surface area contributed by atoms with Crippen molar-refractivity contribution in [1.82, 2.24) is 14.9 Å². The number of rotatable bonds is 10. The standard InChI is InChI=1S/C28H30N6O8S/c29-26(35)23-3-1-2-7-28(23,42-20-11-18-6-8-30-27(18)32-13-20)43(38,39)22-4-5-24(25(12-22)34(36)37)31-14-21-15-33(9-10-41-21)19-16-40-17-19/h1-8,11-13,19,21,23,31H,9-10,14-17H2,(H2,29,35)(H,30,32). The highest BCUT2D eigenvalue weighted by molar-refractivity contribution is 7.93. The average molecular weight is 611 g/mol. The molecule has 2 aliphatic heterocycles. The zero-order valence-electron chi connectivity index (χ0n) is 22.9. The van der Waals surface area contributed by atoms with Gasteiger partial charge in [-0.25, -0.2) is 13.4 Å². The molecular formula is C28H30N6O8S. The number of carbonyl (C=O) groups is 1. The van der Waals surface area contributed by atoms with Gasteiger partial charge in [-0.3, -0.25) is 19.8 Å². The molecule has 4 N–H and O–H groups in total. The van der Waals surface area contributed by atoms with Crippen LogP contribution in [-0.2, 0) is 24.1 Å². The molecule has 4 heterocycles. The average Bonchev–Trinajstić information content (AvgIpc) is 3.43. The number of anilines is 1. The van der Waals surface area contributed by atoms with Crippen molar-refractivity contribution >= 4 is 38.2 Å². The number of nitrogens with two attached hydrogens (primary N) is 1. The smallest absolute Gasteiger partial charge is 0.293 e. The Morgan fingerprint density at radius 2 is 2.12 bits per heavy atom. The quantitative estimate of drug-likeness (QED) is 0.224. The molecule has 15 heteroatoms. The van der Waals surface area contributed by atoms with E-state index in [-0.39, 0.29) is 24.1 Å². The van der Waals surface area contributed by atoms with Gasteiger partial charge in [0.25, 0.3) is 5.69 Å². The zero-order valence-corrected chi connectivity index (χ0v) is 23.7. The molecule has 0 bridgehead atoms. The molecule has 0 radical (unpaired) electrons. The molecule has 1 aromatic carbocycles. The summed E-state index contributed by atoms with van der Waals surface area (Å²) in [5.74, 6) is -2.35. The maximum Gasteiger partial charge on any atom is 0.293 e. The van der Waals surface area contributed by atoms with Crippen LogP contribution in [0.3, 0.4) is 0 Å². The molecule has 14 nitrogen and oxygen atoms in total. The number of nitrogens with zero attached hydrogens (tertiary/aromatic N) is 3. The Labute approximate surface area is 246 Å². The number of ether oxygens (including phenoxy) is 3. The van der Waals surface area contributed by atoms with Crippen LogP contribution < -0.4 is 15.8 Å². The highest BCUT2D eigenvalue weighted by atomic mass is 32.2. The molecule has 1 amide bonds. The molecule has 2 saturated heterocycles. The van der Waals surface area contributed by atoms with E-state index in [0.29, 0.717) is 43.4 Å². The van der Waals surface area contributed by atoms with Gasteiger partial charge in [0.2, 0.25) is 20.7 Å². The van der Waals surface area contributed by atoms with Crippen molar-refractivity contribution in [3.05, 3.63) is 77.1 Å². The molecule has 0 saturated carbocycles. The van der Waals surface area contributed by atoms with E-state index in [2.05, 4.69) is 20.2 Å². The summed E-state index contributed by atoms with van der Waals surface area (Å²) < 4.78 is 45.9. The Morgan fingerprint density at radius 1 is 1.28 bits per heavy atom. The summed E-state index contributed by atoms with van der Waals surface area (Å²) in [5.41, 5.74) is 5.89. The fourth-order valence-electron chi connectivity index (χ4n) is 5.48. The number of fused-ring (bicyclic) bond motifs is 1. The summed E-state index contributed by atoms with van der Waals surface area (Å²) in [6, 6.07) is 7.17. The molecule has 226 valence electrons. The number of amides is 1. The predicted molar refractivity (Wildman–Crippen MR) is 155 cm³/mol. The minimum absolute atomic E-state index is 0.0599. The van der Waals surface area contributed by atoms with Crippen LogP contribution in [-0.4, -0.2) is 90.6 Å². The minimum atomic E-state index is -4.65. The summed E-state index contributed by atoms with van der Waals surface area (Å²) in [4.78, 5) is 30.8. The first-order valence-corrected chi connectivity index (χ1v) is 15.1. The summed E-state index contributed by atoms with van der Waals surface area (Å²) in [6.07, 6.45) is 8.22. The van der Waals surface area contributed by atoms with Crippen LogP contribution in [0.2, 0.25) is 0 Å². The fraction of sp³-hybridized carbons (Fsp3) is 0.357. The number of H-pyrrole nitrogens is 1. The summed E-state index contributed by atoms with van der Waals surface area (Å²) in [5, 5.41) is 15.8. The van der Waals surface area contributed by atoms with Crippen LogP contribution in [0.1, 0.15) is 0 Å². The number of allylic oxidation sites excluding steroid dienone is 2. The number of carbonyl (C=O) groups excluding carboxylic acids is 1. The number of pyridine rings is 1. The van der Waals surface area contributed by atoms with Crippen LogP contribution >= 0.6 is 0 Å². The van der Waals surface area contributed by atoms with E-state index in [9.17, 15) is 23.3 Å². The first-order chi connectivity index (χ1) is 20.7. The Kier molecular flexibility index (Phi) is 7.64. The number of nitrogens with one attached hydrogen (secondary N) is 2. The fourth-order valence-corrected chi connectivity index (χ4v) is 7.36. The second kappa shape index (κ2) is 11.4. The van der Waals surface area contributed by atoms with E-state index >= 15 is 0 Å². The maximum absolute atomic E-state index is 14.3. The number of hydrogen-bond acceptors (Lipinski definition) is 11. The highest BCUT2D eigenvalue weighted by Gasteiger charge is 2.54. The van der Waals surface area contributed by atoms with E-state index in [0.717, 1.165) is 12.6 Å². The van der Waals surface area contributed by atoms with Crippen LogP contribution in [0.4, 0.5) is 11.4 Å². The number of sulfone groups is 1. The second-order valence-electron chi connectivity index (χ2n) is 10.5. The van der Waals surface area contributed by atoms with Crippen LogP contribution in [0.5, 0.6) is 5.75 Å². The van der Waals surface area contributed by atoms with Gasteiger partial charge in [0.15, 0.2) is 0 Å². The lowest BCUT2D eigenvalue weighted by Crippen LogP contribution is -2.56. The van der Waals surface area contributed by atoms with Gasteiger partial charge in [-0.05, 0) is 30.3 Å². The molecule has 43 heavy (non-hydrogen) atoms. The second-order valence-corrected chi connectivity index (χ2v) is 12.6. The topological polar surface area (TPSA) is 192 Å². The Balaban J connectivity index is 1.31. The molecule has 0 spiro atoms. The van der Waals surface area contributed by atoms with Crippen molar-refractivity contribution in [1.29, 1.82) is 0 Å². The third-order valence-electron chi connectivity index (χ3n) is 7.86. The minimum Gasteiger partial charge on any atom is -0.464 e. The number of aromatic nitrogens is 2. The summed E-state index contributed by atoms with van der Waals surface area (Å²) >= 11 is 0. The van der Waals surface area contributed by atoms with Gasteiger partial charge < -0.3 is 30.2 Å². The van der Waals surface area contributed by atoms with Crippen LogP contribution in [0, 0.1) is 16.0 Å². The normalized spacial score (nSPS) is 24.5. The molecule has 3 unspecified atom stereocenters. The van der Waals surface area contributed by atoms with Gasteiger partial charge in [-0.2, -0.15) is 0 Å². The van der Waals surface area contributed by atoms with Gasteiger partial charge in [0.1, 0.15) is 23.0 Å². The Hall–Kier alpha value is -4.31. The van der Waals surface area contributed by atoms with Crippen molar-refractivity contribution in [2.75, 3.05) is 44.8 Å². The molecule has 2 aromatic heterocycles. The lowest BCUT2D eigenvalue weighted by Gasteiger charge is -2.42. The van der Waals surface area contributed by atoms with Crippen molar-refractivity contribution in [3.63, 3.8) is 0 Å². The lowest BCUT2D eigenvalue weighted by molar-refractivity contribution is -0.384. The van der Waals surface area contributed by atoms with Crippen molar-refractivity contribution < 1.29 is 32.3 Å². The van der Waals surface area contributed by atoms with Crippen molar-refractivity contribution in [2.24, 2.45) is 11.7 Å². The first kappa shape index (κ1) is 28.8. The molecule has 3 aliphatic rings. The Morgan fingerprint density at radius 3 is 2.86 bits per heavy atom. The molecule has 6 rings (SSSR count). The number of hydrogen-bond donors (Lipinski definition) is 3. The summed E-state index contributed by atoms with van der Waals surface area (Å²) in [7, 11) is -4.65. The number of aromatic amines is 1. The first-order valence-electron chi connectivity index (χ1n) is 13.7. The van der Waals surface area contributed by atoms with Gasteiger partial charge in [-0.1, -0.05) is 18.2 Å². The molecular weight excluding hydrogens is 580 g/mol. The van der Waals surface area contributed by atoms with Crippen molar-refractivity contribution in [3.8, 4) is 5.75 Å². The van der Waals surface area contributed by atoms with Gasteiger partial charge in [-0.15, -0.1) is 0 Å². The SMILES string of the molecule is NC(=O)C1C=CC=CC1(Oc1cnc2[nH]ccc2c1)S(=O)(=O)c1ccc(NCC2CN(C3COC3)CCO2)c([N+](=O)[O-])c1. The molecule has 1 aliphatic carbocycles. The summed E-state index contributed by atoms with van der Waals surface area (Å²) in [6.45, 7) is 3.57. The van der Waals surface area contributed by atoms with E-state index in [1.54, 1.807) is 18.3 Å². The number of morpholine rings is 1. The zero-order chi connectivity index (χ0) is 30.2. The third kappa shape index (κ3) is 5.35. The van der Waals surface area contributed by atoms with Gasteiger partial charge >= 0.3 is 0 Å². The van der Waals surface area contributed by atoms with E-state index < -0.39 is 42.1 Å². The van der Waals surface area contributed by atoms with Gasteiger partial charge in [0, 0.05) is 37.3 Å². The number of nitro benzene ring substituents is 1. The largest absolute Gasteiger partial charge is 0.464 e. The van der Waals surface area contributed by atoms with E-state index in [1.165, 1.54) is 42.6 Å². The van der Waals surface area contributed by atoms with Crippen LogP contribution in [0.25, 0.3) is 11.0 Å². The van der Waals surface area contributed by atoms with Crippen LogP contribution in [0.15, 0.2) is 71.9 Å². The number of benzene rings is 1.